The van der Waals surface area contributed by atoms with Crippen molar-refractivity contribution in [1.29, 1.82) is 0 Å². The summed E-state index contributed by atoms with van der Waals surface area (Å²) in [6.45, 7) is 2.80. The van der Waals surface area contributed by atoms with Gasteiger partial charge in [0.2, 0.25) is 0 Å². The molecule has 1 rings (SSSR count). The van der Waals surface area contributed by atoms with E-state index in [0.29, 0.717) is 23.7 Å². The Hall–Kier alpha value is -0.720. The van der Waals surface area contributed by atoms with Gasteiger partial charge >= 0.3 is 0 Å². The zero-order valence-corrected chi connectivity index (χ0v) is 8.47. The normalized spacial score (nSPS) is 13.2. The topological polar surface area (TPSA) is 63.1 Å². The molecular weight excluding hydrogens is 190 g/mol. The van der Waals surface area contributed by atoms with E-state index in [1.54, 1.807) is 18.6 Å². The van der Waals surface area contributed by atoms with Crippen LogP contribution >= 0.6 is 12.2 Å². The van der Waals surface area contributed by atoms with Crippen molar-refractivity contribution in [2.24, 2.45) is 0 Å². The molecule has 0 saturated carbocycles. The highest BCUT2D eigenvalue weighted by molar-refractivity contribution is 7.71. The van der Waals surface area contributed by atoms with Crippen LogP contribution in [0.3, 0.4) is 0 Å². The summed E-state index contributed by atoms with van der Waals surface area (Å²) in [5, 5.41) is 15.9. The summed E-state index contributed by atoms with van der Waals surface area (Å²) in [5.74, 6) is 0.544. The number of aromatic amines is 1. The maximum absolute atomic E-state index is 9.33. The minimum atomic E-state index is -0.621. The molecule has 1 atom stereocenters. The minimum Gasteiger partial charge on any atom is -0.385 e. The summed E-state index contributed by atoms with van der Waals surface area (Å²) in [4.78, 5) is 0. The van der Waals surface area contributed by atoms with Crippen molar-refractivity contribution in [3.63, 3.8) is 0 Å². The zero-order valence-electron chi connectivity index (χ0n) is 7.65. The molecule has 0 radical (unpaired) electrons. The maximum atomic E-state index is 9.33. The third-order valence-corrected chi connectivity index (χ3v) is 1.99. The van der Waals surface area contributed by atoms with Gasteiger partial charge in [0.15, 0.2) is 10.6 Å². The highest BCUT2D eigenvalue weighted by Crippen LogP contribution is 2.08. The summed E-state index contributed by atoms with van der Waals surface area (Å²) < 4.78 is 7.15. The van der Waals surface area contributed by atoms with Crippen LogP contribution in [0.1, 0.15) is 18.9 Å². The van der Waals surface area contributed by atoms with Crippen LogP contribution in [0.5, 0.6) is 0 Å². The molecule has 1 aromatic heterocycles. The van der Waals surface area contributed by atoms with Crippen LogP contribution in [0.2, 0.25) is 0 Å². The van der Waals surface area contributed by atoms with Gasteiger partial charge in [0, 0.05) is 7.11 Å². The number of methoxy groups -OCH3 is 1. The number of hydrogen-bond donors (Lipinski definition) is 2. The lowest BCUT2D eigenvalue weighted by Gasteiger charge is -2.07. The lowest BCUT2D eigenvalue weighted by molar-refractivity contribution is 0.165. The number of rotatable bonds is 4. The first-order chi connectivity index (χ1) is 6.16. The molecule has 1 unspecified atom stereocenters. The Labute approximate surface area is 81.3 Å². The number of ether oxygens (including phenoxy) is 1. The number of aliphatic hydroxyl groups excluding tert-OH is 1. The van der Waals surface area contributed by atoms with Gasteiger partial charge in [0.25, 0.3) is 0 Å². The number of nitrogens with one attached hydrogen (secondary N) is 1. The van der Waals surface area contributed by atoms with E-state index in [9.17, 15) is 5.11 Å². The van der Waals surface area contributed by atoms with Crippen molar-refractivity contribution < 1.29 is 9.84 Å². The van der Waals surface area contributed by atoms with Gasteiger partial charge in [-0.3, -0.25) is 9.67 Å². The summed E-state index contributed by atoms with van der Waals surface area (Å²) in [6.07, 6.45) is -0.621. The molecule has 13 heavy (non-hydrogen) atoms. The highest BCUT2D eigenvalue weighted by atomic mass is 32.1. The molecule has 0 saturated heterocycles. The fraction of sp³-hybridized carbons (Fsp3) is 0.714. The highest BCUT2D eigenvalue weighted by Gasteiger charge is 2.10. The molecule has 0 aliphatic carbocycles. The van der Waals surface area contributed by atoms with Crippen molar-refractivity contribution >= 4 is 12.2 Å². The molecule has 0 fully saturated rings. The fourth-order valence-electron chi connectivity index (χ4n) is 1.05. The Kier molecular flexibility index (Phi) is 3.58. The van der Waals surface area contributed by atoms with E-state index in [-0.39, 0.29) is 0 Å². The molecule has 6 heteroatoms. The van der Waals surface area contributed by atoms with Crippen molar-refractivity contribution in [2.75, 3.05) is 13.7 Å². The standard InChI is InChI=1S/C7H13N3O2S/c1-5(11)6-8-9-7(13)10(6)3-4-12-2/h5,11H,3-4H2,1-2H3,(H,9,13). The molecule has 0 aliphatic heterocycles. The van der Waals surface area contributed by atoms with E-state index in [1.165, 1.54) is 0 Å². The van der Waals surface area contributed by atoms with Crippen LogP contribution < -0.4 is 0 Å². The predicted octanol–water partition coefficient (Wildman–Crippen LogP) is 0.640. The second-order valence-corrected chi connectivity index (χ2v) is 3.09. The van der Waals surface area contributed by atoms with Gasteiger partial charge in [0.05, 0.1) is 13.2 Å². The summed E-state index contributed by atoms with van der Waals surface area (Å²) in [6, 6.07) is 0. The van der Waals surface area contributed by atoms with Gasteiger partial charge in [-0.15, -0.1) is 0 Å². The second-order valence-electron chi connectivity index (χ2n) is 2.71. The molecule has 1 heterocycles. The first kappa shape index (κ1) is 10.4. The Morgan fingerprint density at radius 2 is 2.46 bits per heavy atom. The van der Waals surface area contributed by atoms with Crippen molar-refractivity contribution in [2.45, 2.75) is 19.6 Å². The minimum absolute atomic E-state index is 0.507. The molecule has 5 nitrogen and oxygen atoms in total. The predicted molar refractivity (Wildman–Crippen MR) is 49.9 cm³/mol. The van der Waals surface area contributed by atoms with Crippen molar-refractivity contribution in [3.8, 4) is 0 Å². The Bertz CT molecular complexity index is 318. The van der Waals surface area contributed by atoms with Crippen LogP contribution in [0, 0.1) is 4.77 Å². The SMILES string of the molecule is COCCn1c(C(C)O)n[nH]c1=S. The molecule has 0 bridgehead atoms. The summed E-state index contributed by atoms with van der Waals surface area (Å²) in [5.41, 5.74) is 0. The molecular formula is C7H13N3O2S. The van der Waals surface area contributed by atoms with Gasteiger partial charge in [-0.1, -0.05) is 0 Å². The van der Waals surface area contributed by atoms with Crippen LogP contribution in [0.25, 0.3) is 0 Å². The molecule has 0 aromatic carbocycles. The van der Waals surface area contributed by atoms with E-state index in [4.69, 9.17) is 17.0 Å². The fourth-order valence-corrected chi connectivity index (χ4v) is 1.28. The first-order valence-corrected chi connectivity index (χ1v) is 4.39. The first-order valence-electron chi connectivity index (χ1n) is 3.99. The van der Waals surface area contributed by atoms with Gasteiger partial charge in [-0.25, -0.2) is 0 Å². The lowest BCUT2D eigenvalue weighted by atomic mass is 10.4. The smallest absolute Gasteiger partial charge is 0.195 e. The molecule has 0 amide bonds. The van der Waals surface area contributed by atoms with Crippen LogP contribution in [0.15, 0.2) is 0 Å². The number of nitrogens with zero attached hydrogens (tertiary/aromatic N) is 2. The van der Waals surface area contributed by atoms with E-state index in [1.807, 2.05) is 0 Å². The van der Waals surface area contributed by atoms with Crippen LogP contribution in [0.4, 0.5) is 0 Å². The third kappa shape index (κ3) is 2.36. The third-order valence-electron chi connectivity index (χ3n) is 1.68. The largest absolute Gasteiger partial charge is 0.385 e. The van der Waals surface area contributed by atoms with E-state index in [2.05, 4.69) is 10.2 Å². The Morgan fingerprint density at radius 1 is 1.77 bits per heavy atom. The second kappa shape index (κ2) is 4.50. The van der Waals surface area contributed by atoms with E-state index < -0.39 is 6.10 Å². The molecule has 2 N–H and O–H groups in total. The average Bonchev–Trinajstić information content (AvgIpc) is 2.43. The Balaban J connectivity index is 2.88. The summed E-state index contributed by atoms with van der Waals surface area (Å²) >= 11 is 4.98. The zero-order chi connectivity index (χ0) is 9.84. The molecule has 1 aromatic rings. The van der Waals surface area contributed by atoms with E-state index >= 15 is 0 Å². The van der Waals surface area contributed by atoms with Gasteiger partial charge in [-0.05, 0) is 19.1 Å². The van der Waals surface area contributed by atoms with Crippen LogP contribution in [-0.4, -0.2) is 33.6 Å². The summed E-state index contributed by atoms with van der Waals surface area (Å²) in [7, 11) is 1.62. The number of H-pyrrole nitrogens is 1. The molecule has 0 spiro atoms. The number of aliphatic hydroxyl groups is 1. The lowest BCUT2D eigenvalue weighted by Crippen LogP contribution is -2.10. The quantitative estimate of drug-likeness (QED) is 0.705. The average molecular weight is 203 g/mol. The van der Waals surface area contributed by atoms with Gasteiger partial charge in [-0.2, -0.15) is 5.10 Å². The van der Waals surface area contributed by atoms with Crippen molar-refractivity contribution in [1.82, 2.24) is 14.8 Å². The van der Waals surface area contributed by atoms with E-state index in [0.717, 1.165) is 0 Å². The number of hydrogen-bond acceptors (Lipinski definition) is 4. The van der Waals surface area contributed by atoms with Gasteiger partial charge in [0.1, 0.15) is 6.10 Å². The molecule has 0 aliphatic rings. The maximum Gasteiger partial charge on any atom is 0.195 e. The van der Waals surface area contributed by atoms with Crippen molar-refractivity contribution in [3.05, 3.63) is 10.6 Å². The number of aromatic nitrogens is 3. The molecule has 74 valence electrons. The monoisotopic (exact) mass is 203 g/mol. The Morgan fingerprint density at radius 3 is 3.00 bits per heavy atom. The van der Waals surface area contributed by atoms with Crippen LogP contribution in [-0.2, 0) is 11.3 Å². The van der Waals surface area contributed by atoms with Gasteiger partial charge < -0.3 is 9.84 Å².